The van der Waals surface area contributed by atoms with Gasteiger partial charge in [0.1, 0.15) is 18.1 Å². The number of hydrogen-bond acceptors (Lipinski definition) is 4. The largest absolute Gasteiger partial charge is 0.491 e. The van der Waals surface area contributed by atoms with E-state index in [0.29, 0.717) is 36.3 Å². The average molecular weight is 378 g/mol. The van der Waals surface area contributed by atoms with E-state index in [-0.39, 0.29) is 12.5 Å². The van der Waals surface area contributed by atoms with Gasteiger partial charge in [-0.25, -0.2) is 0 Å². The van der Waals surface area contributed by atoms with Crippen molar-refractivity contribution >= 4 is 23.2 Å². The number of nitrogens with one attached hydrogen (secondary N) is 1. The first-order chi connectivity index (χ1) is 12.5. The highest BCUT2D eigenvalue weighted by atomic mass is 35.5. The zero-order chi connectivity index (χ0) is 18.9. The lowest BCUT2D eigenvalue weighted by Crippen LogP contribution is -2.20. The molecule has 2 aromatic rings. The van der Waals surface area contributed by atoms with Crippen LogP contribution in [0, 0.1) is 13.8 Å². The van der Waals surface area contributed by atoms with Gasteiger partial charge in [0.05, 0.1) is 6.61 Å². The summed E-state index contributed by atoms with van der Waals surface area (Å²) in [5.74, 6) is 1.11. The molecule has 0 spiro atoms. The number of ether oxygens (including phenoxy) is 3. The minimum Gasteiger partial charge on any atom is -0.491 e. The molecule has 0 heterocycles. The maximum atomic E-state index is 12.0. The molecule has 0 saturated heterocycles. The third kappa shape index (κ3) is 6.24. The highest BCUT2D eigenvalue weighted by Crippen LogP contribution is 2.25. The SMILES string of the molecule is CCOCCOc1ccc(NC(=O)COc2cc(C)c(Cl)c(C)c2)cc1. The molecular weight excluding hydrogens is 354 g/mol. The topological polar surface area (TPSA) is 56.8 Å². The first-order valence-corrected chi connectivity index (χ1v) is 8.87. The van der Waals surface area contributed by atoms with E-state index in [1.54, 1.807) is 24.3 Å². The van der Waals surface area contributed by atoms with Gasteiger partial charge in [-0.3, -0.25) is 4.79 Å². The number of halogens is 1. The second kappa shape index (κ2) is 10.0. The van der Waals surface area contributed by atoms with Gasteiger partial charge in [0, 0.05) is 17.3 Å². The summed E-state index contributed by atoms with van der Waals surface area (Å²) in [6, 6.07) is 10.8. The predicted octanol–water partition coefficient (Wildman–Crippen LogP) is 4.39. The van der Waals surface area contributed by atoms with Crippen molar-refractivity contribution < 1.29 is 19.0 Å². The summed E-state index contributed by atoms with van der Waals surface area (Å²) in [6.07, 6.45) is 0. The van der Waals surface area contributed by atoms with Crippen molar-refractivity contribution in [3.8, 4) is 11.5 Å². The molecule has 0 aliphatic carbocycles. The Balaban J connectivity index is 1.80. The van der Waals surface area contributed by atoms with Crippen LogP contribution in [0.1, 0.15) is 18.1 Å². The second-order valence-corrected chi connectivity index (χ2v) is 6.16. The van der Waals surface area contributed by atoms with Crippen molar-refractivity contribution in [2.24, 2.45) is 0 Å². The Kier molecular flexibility index (Phi) is 7.75. The monoisotopic (exact) mass is 377 g/mol. The summed E-state index contributed by atoms with van der Waals surface area (Å²) < 4.78 is 16.3. The third-order valence-electron chi connectivity index (χ3n) is 3.62. The molecule has 2 rings (SSSR count). The minimum atomic E-state index is -0.236. The standard InChI is InChI=1S/C20H24ClNO4/c1-4-24-9-10-25-17-7-5-16(6-8-17)22-19(23)13-26-18-11-14(2)20(21)15(3)12-18/h5-8,11-12H,4,9-10,13H2,1-3H3,(H,22,23). The van der Waals surface area contributed by atoms with E-state index in [2.05, 4.69) is 5.32 Å². The van der Waals surface area contributed by atoms with Crippen LogP contribution in [0.2, 0.25) is 5.02 Å². The molecular formula is C20H24ClNO4. The van der Waals surface area contributed by atoms with E-state index in [0.717, 1.165) is 16.9 Å². The van der Waals surface area contributed by atoms with Crippen molar-refractivity contribution in [3.05, 3.63) is 52.5 Å². The summed E-state index contributed by atoms with van der Waals surface area (Å²) in [6.45, 7) is 7.39. The highest BCUT2D eigenvalue weighted by Gasteiger charge is 2.07. The molecule has 6 heteroatoms. The quantitative estimate of drug-likeness (QED) is 0.658. The predicted molar refractivity (Wildman–Crippen MR) is 103 cm³/mol. The van der Waals surface area contributed by atoms with E-state index >= 15 is 0 Å². The summed E-state index contributed by atoms with van der Waals surface area (Å²) in [4.78, 5) is 12.0. The normalized spacial score (nSPS) is 10.5. The number of benzene rings is 2. The first-order valence-electron chi connectivity index (χ1n) is 8.49. The Morgan fingerprint density at radius 1 is 1.00 bits per heavy atom. The molecule has 0 atom stereocenters. The first kappa shape index (κ1) is 20.1. The summed E-state index contributed by atoms with van der Waals surface area (Å²) in [5, 5.41) is 3.50. The molecule has 1 amide bonds. The Labute approximate surface area is 159 Å². The second-order valence-electron chi connectivity index (χ2n) is 5.78. The van der Waals surface area contributed by atoms with E-state index in [9.17, 15) is 4.79 Å². The number of hydrogen-bond donors (Lipinski definition) is 1. The lowest BCUT2D eigenvalue weighted by molar-refractivity contribution is -0.118. The lowest BCUT2D eigenvalue weighted by Gasteiger charge is -2.11. The van der Waals surface area contributed by atoms with Crippen molar-refractivity contribution in [1.29, 1.82) is 0 Å². The molecule has 0 aliphatic rings. The van der Waals surface area contributed by atoms with Crippen LogP contribution >= 0.6 is 11.6 Å². The Morgan fingerprint density at radius 3 is 2.27 bits per heavy atom. The van der Waals surface area contributed by atoms with Gasteiger partial charge in [-0.2, -0.15) is 0 Å². The van der Waals surface area contributed by atoms with Gasteiger partial charge in [0.25, 0.3) is 5.91 Å². The van der Waals surface area contributed by atoms with E-state index in [4.69, 9.17) is 25.8 Å². The van der Waals surface area contributed by atoms with Gasteiger partial charge >= 0.3 is 0 Å². The van der Waals surface area contributed by atoms with Crippen molar-refractivity contribution in [2.75, 3.05) is 31.7 Å². The zero-order valence-electron chi connectivity index (χ0n) is 15.3. The van der Waals surface area contributed by atoms with Gasteiger partial charge in [-0.15, -0.1) is 0 Å². The van der Waals surface area contributed by atoms with Crippen LogP contribution < -0.4 is 14.8 Å². The summed E-state index contributed by atoms with van der Waals surface area (Å²) in [7, 11) is 0. The highest BCUT2D eigenvalue weighted by molar-refractivity contribution is 6.32. The number of aryl methyl sites for hydroxylation is 2. The number of rotatable bonds is 9. The van der Waals surface area contributed by atoms with Crippen molar-refractivity contribution in [1.82, 2.24) is 0 Å². The Bertz CT molecular complexity index is 708. The molecule has 140 valence electrons. The van der Waals surface area contributed by atoms with Gasteiger partial charge in [0.15, 0.2) is 6.61 Å². The third-order valence-corrected chi connectivity index (χ3v) is 4.21. The van der Waals surface area contributed by atoms with Gasteiger partial charge < -0.3 is 19.5 Å². The molecule has 5 nitrogen and oxygen atoms in total. The fraction of sp³-hybridized carbons (Fsp3) is 0.350. The molecule has 0 unspecified atom stereocenters. The summed E-state index contributed by atoms with van der Waals surface area (Å²) in [5.41, 5.74) is 2.52. The molecule has 0 saturated carbocycles. The van der Waals surface area contributed by atoms with Crippen LogP contribution in [-0.2, 0) is 9.53 Å². The lowest BCUT2D eigenvalue weighted by atomic mass is 10.1. The maximum absolute atomic E-state index is 12.0. The fourth-order valence-electron chi connectivity index (χ4n) is 2.33. The van der Waals surface area contributed by atoms with E-state index in [1.807, 2.05) is 32.9 Å². The zero-order valence-corrected chi connectivity index (χ0v) is 16.1. The molecule has 0 fully saturated rings. The van der Waals surface area contributed by atoms with Crippen LogP contribution in [0.3, 0.4) is 0 Å². The van der Waals surface area contributed by atoms with Crippen molar-refractivity contribution in [3.63, 3.8) is 0 Å². The molecule has 1 N–H and O–H groups in total. The minimum absolute atomic E-state index is 0.0763. The van der Waals surface area contributed by atoms with Crippen molar-refractivity contribution in [2.45, 2.75) is 20.8 Å². The Morgan fingerprint density at radius 2 is 1.65 bits per heavy atom. The van der Waals surface area contributed by atoms with Gasteiger partial charge in [0.2, 0.25) is 0 Å². The number of carbonyl (C=O) groups is 1. The van der Waals surface area contributed by atoms with Crippen LogP contribution in [0.15, 0.2) is 36.4 Å². The molecule has 0 aliphatic heterocycles. The number of anilines is 1. The Hall–Kier alpha value is -2.24. The smallest absolute Gasteiger partial charge is 0.262 e. The molecule has 0 bridgehead atoms. The van der Waals surface area contributed by atoms with E-state index < -0.39 is 0 Å². The van der Waals surface area contributed by atoms with Crippen LogP contribution in [0.25, 0.3) is 0 Å². The van der Waals surface area contributed by atoms with Crippen LogP contribution in [0.4, 0.5) is 5.69 Å². The fourth-order valence-corrected chi connectivity index (χ4v) is 2.44. The molecule has 2 aromatic carbocycles. The van der Waals surface area contributed by atoms with Gasteiger partial charge in [-0.1, -0.05) is 11.6 Å². The molecule has 0 aromatic heterocycles. The van der Waals surface area contributed by atoms with Gasteiger partial charge in [-0.05, 0) is 68.3 Å². The maximum Gasteiger partial charge on any atom is 0.262 e. The molecule has 0 radical (unpaired) electrons. The summed E-state index contributed by atoms with van der Waals surface area (Å²) >= 11 is 6.13. The van der Waals surface area contributed by atoms with Crippen LogP contribution in [0.5, 0.6) is 11.5 Å². The van der Waals surface area contributed by atoms with Crippen LogP contribution in [-0.4, -0.2) is 32.3 Å². The van der Waals surface area contributed by atoms with E-state index in [1.165, 1.54) is 0 Å². The average Bonchev–Trinajstić information content (AvgIpc) is 2.63. The number of amides is 1. The number of carbonyl (C=O) groups excluding carboxylic acids is 1. The molecule has 26 heavy (non-hydrogen) atoms.